The normalized spacial score (nSPS) is 10.8. The molecule has 0 radical (unpaired) electrons. The zero-order valence-electron chi connectivity index (χ0n) is 17.2. The topological polar surface area (TPSA) is 101 Å². The minimum atomic E-state index is -0.399. The van der Waals surface area contributed by atoms with Gasteiger partial charge in [-0.1, -0.05) is 23.4 Å². The van der Waals surface area contributed by atoms with Crippen LogP contribution in [0.5, 0.6) is 0 Å². The summed E-state index contributed by atoms with van der Waals surface area (Å²) in [5.41, 5.74) is 1.60. The van der Waals surface area contributed by atoms with Gasteiger partial charge in [-0.15, -0.1) is 10.2 Å². The van der Waals surface area contributed by atoms with Crippen molar-refractivity contribution in [3.63, 3.8) is 0 Å². The van der Waals surface area contributed by atoms with Crippen LogP contribution in [0.1, 0.15) is 16.2 Å². The van der Waals surface area contributed by atoms with Gasteiger partial charge in [0.2, 0.25) is 5.91 Å². The SMILES string of the molecule is O=C(CSc1ccc2nnc(CCNC(=O)c3ccc(F)cc3)n2n1)Nc1ccc(Cl)cc1. The molecule has 0 bridgehead atoms. The van der Waals surface area contributed by atoms with Crippen LogP contribution in [0.25, 0.3) is 5.65 Å². The molecule has 2 aromatic carbocycles. The van der Waals surface area contributed by atoms with E-state index in [1.165, 1.54) is 36.0 Å². The fraction of sp³-hybridized carbons (Fsp3) is 0.136. The van der Waals surface area contributed by atoms with Crippen LogP contribution in [-0.4, -0.2) is 43.9 Å². The van der Waals surface area contributed by atoms with Gasteiger partial charge in [-0.05, 0) is 60.7 Å². The van der Waals surface area contributed by atoms with Gasteiger partial charge in [-0.25, -0.2) is 4.39 Å². The standard InChI is InChI=1S/C22H18ClFN6O2S/c23-15-3-7-17(8-4-15)26-20(31)13-33-21-10-9-18-27-28-19(30(18)29-21)11-12-25-22(32)14-1-5-16(24)6-2-14/h1-10H,11-13H2,(H,25,32)(H,26,31). The van der Waals surface area contributed by atoms with Crippen LogP contribution in [0.3, 0.4) is 0 Å². The number of anilines is 1. The molecule has 2 amide bonds. The van der Waals surface area contributed by atoms with E-state index >= 15 is 0 Å². The Morgan fingerprint density at radius 3 is 2.52 bits per heavy atom. The molecule has 0 atom stereocenters. The van der Waals surface area contributed by atoms with Gasteiger partial charge in [0.15, 0.2) is 11.5 Å². The Bertz CT molecular complexity index is 1280. The van der Waals surface area contributed by atoms with Gasteiger partial charge in [0.05, 0.1) is 5.75 Å². The number of nitrogens with one attached hydrogen (secondary N) is 2. The molecule has 11 heteroatoms. The maximum Gasteiger partial charge on any atom is 0.251 e. The van der Waals surface area contributed by atoms with Crippen molar-refractivity contribution >= 4 is 46.5 Å². The third-order valence-electron chi connectivity index (χ3n) is 4.52. The van der Waals surface area contributed by atoms with Crippen LogP contribution in [0.2, 0.25) is 5.02 Å². The number of hydrogen-bond acceptors (Lipinski definition) is 6. The van der Waals surface area contributed by atoms with Crippen molar-refractivity contribution in [3.8, 4) is 0 Å². The molecule has 2 N–H and O–H groups in total. The molecule has 0 aliphatic rings. The third-order valence-corrected chi connectivity index (χ3v) is 5.69. The number of nitrogens with zero attached hydrogens (tertiary/aromatic N) is 4. The maximum atomic E-state index is 13.0. The van der Waals surface area contributed by atoms with Crippen molar-refractivity contribution in [2.24, 2.45) is 0 Å². The summed E-state index contributed by atoms with van der Waals surface area (Å²) in [4.78, 5) is 24.4. The number of fused-ring (bicyclic) bond motifs is 1. The van der Waals surface area contributed by atoms with Crippen molar-refractivity contribution in [3.05, 3.63) is 82.9 Å². The lowest BCUT2D eigenvalue weighted by molar-refractivity contribution is -0.113. The summed E-state index contributed by atoms with van der Waals surface area (Å²) in [5, 5.41) is 19.5. The van der Waals surface area contributed by atoms with Gasteiger partial charge >= 0.3 is 0 Å². The molecule has 0 unspecified atom stereocenters. The number of carbonyl (C=O) groups is 2. The highest BCUT2D eigenvalue weighted by Crippen LogP contribution is 2.18. The number of thioether (sulfide) groups is 1. The van der Waals surface area contributed by atoms with Crippen LogP contribution >= 0.6 is 23.4 Å². The van der Waals surface area contributed by atoms with E-state index in [4.69, 9.17) is 11.6 Å². The lowest BCUT2D eigenvalue weighted by Gasteiger charge is -2.06. The van der Waals surface area contributed by atoms with Crippen molar-refractivity contribution in [1.29, 1.82) is 0 Å². The van der Waals surface area contributed by atoms with Gasteiger partial charge in [0.1, 0.15) is 10.8 Å². The summed E-state index contributed by atoms with van der Waals surface area (Å²) in [5.74, 6) is -0.135. The van der Waals surface area contributed by atoms with Crippen LogP contribution in [-0.2, 0) is 11.2 Å². The lowest BCUT2D eigenvalue weighted by atomic mass is 10.2. The molecule has 0 aliphatic heterocycles. The monoisotopic (exact) mass is 484 g/mol. The van der Waals surface area contributed by atoms with E-state index in [0.29, 0.717) is 45.7 Å². The second-order valence-corrected chi connectivity index (χ2v) is 8.35. The van der Waals surface area contributed by atoms with E-state index in [9.17, 15) is 14.0 Å². The number of rotatable bonds is 8. The quantitative estimate of drug-likeness (QED) is 0.370. The van der Waals surface area contributed by atoms with E-state index in [1.54, 1.807) is 40.9 Å². The first-order valence-corrected chi connectivity index (χ1v) is 11.3. The first kappa shape index (κ1) is 22.7. The molecule has 8 nitrogen and oxygen atoms in total. The molecule has 0 aliphatic carbocycles. The summed E-state index contributed by atoms with van der Waals surface area (Å²) >= 11 is 7.13. The zero-order valence-corrected chi connectivity index (χ0v) is 18.7. The summed E-state index contributed by atoms with van der Waals surface area (Å²) in [7, 11) is 0. The fourth-order valence-electron chi connectivity index (χ4n) is 2.91. The van der Waals surface area contributed by atoms with Gasteiger partial charge < -0.3 is 10.6 Å². The minimum absolute atomic E-state index is 0.170. The van der Waals surface area contributed by atoms with Crippen molar-refractivity contribution < 1.29 is 14.0 Å². The van der Waals surface area contributed by atoms with E-state index in [-0.39, 0.29) is 17.6 Å². The highest BCUT2D eigenvalue weighted by Gasteiger charge is 2.11. The Morgan fingerprint density at radius 1 is 1.00 bits per heavy atom. The molecule has 0 fully saturated rings. The summed E-state index contributed by atoms with van der Waals surface area (Å²) in [6, 6.07) is 15.7. The molecule has 4 rings (SSSR count). The van der Waals surface area contributed by atoms with Crippen LogP contribution in [0, 0.1) is 5.82 Å². The first-order chi connectivity index (χ1) is 16.0. The smallest absolute Gasteiger partial charge is 0.251 e. The van der Waals surface area contributed by atoms with E-state index in [0.717, 1.165) is 0 Å². The maximum absolute atomic E-state index is 13.0. The average Bonchev–Trinajstić information content (AvgIpc) is 3.22. The molecule has 168 valence electrons. The van der Waals surface area contributed by atoms with Crippen molar-refractivity contribution in [1.82, 2.24) is 25.1 Å². The Balaban J connectivity index is 1.32. The van der Waals surface area contributed by atoms with E-state index in [1.807, 2.05) is 0 Å². The minimum Gasteiger partial charge on any atom is -0.352 e. The number of aromatic nitrogens is 4. The predicted octanol–water partition coefficient (Wildman–Crippen LogP) is 3.62. The zero-order chi connectivity index (χ0) is 23.2. The molecular formula is C22H18ClFN6O2S. The van der Waals surface area contributed by atoms with Gasteiger partial charge in [-0.2, -0.15) is 9.61 Å². The third kappa shape index (κ3) is 6.05. The lowest BCUT2D eigenvalue weighted by Crippen LogP contribution is -2.26. The van der Waals surface area contributed by atoms with Gasteiger partial charge in [0.25, 0.3) is 5.91 Å². The average molecular weight is 485 g/mol. The number of hydrogen-bond donors (Lipinski definition) is 2. The first-order valence-electron chi connectivity index (χ1n) is 9.91. The molecule has 0 saturated carbocycles. The summed E-state index contributed by atoms with van der Waals surface area (Å²) in [6.07, 6.45) is 0.395. The largest absolute Gasteiger partial charge is 0.352 e. The molecule has 0 saturated heterocycles. The number of benzene rings is 2. The molecule has 4 aromatic rings. The highest BCUT2D eigenvalue weighted by molar-refractivity contribution is 7.99. The fourth-order valence-corrected chi connectivity index (χ4v) is 3.69. The van der Waals surface area contributed by atoms with Crippen LogP contribution in [0.4, 0.5) is 10.1 Å². The number of halogens is 2. The molecular weight excluding hydrogens is 467 g/mol. The predicted molar refractivity (Wildman–Crippen MR) is 124 cm³/mol. The second-order valence-electron chi connectivity index (χ2n) is 6.91. The Labute approximate surface area is 197 Å². The van der Waals surface area contributed by atoms with E-state index < -0.39 is 5.82 Å². The second kappa shape index (κ2) is 10.4. The number of amides is 2. The van der Waals surface area contributed by atoms with Crippen LogP contribution in [0.15, 0.2) is 65.7 Å². The molecule has 33 heavy (non-hydrogen) atoms. The molecule has 2 heterocycles. The Kier molecular flexibility index (Phi) is 7.16. The van der Waals surface area contributed by atoms with Gasteiger partial charge in [0, 0.05) is 29.2 Å². The van der Waals surface area contributed by atoms with Crippen LogP contribution < -0.4 is 10.6 Å². The summed E-state index contributed by atoms with van der Waals surface area (Å²) < 4.78 is 14.6. The highest BCUT2D eigenvalue weighted by atomic mass is 35.5. The van der Waals surface area contributed by atoms with Gasteiger partial charge in [-0.3, -0.25) is 9.59 Å². The van der Waals surface area contributed by atoms with Crippen molar-refractivity contribution in [2.45, 2.75) is 11.4 Å². The van der Waals surface area contributed by atoms with E-state index in [2.05, 4.69) is 25.9 Å². The molecule has 2 aromatic heterocycles. The Hall–Kier alpha value is -3.50. The molecule has 0 spiro atoms. The van der Waals surface area contributed by atoms with Crippen molar-refractivity contribution in [2.75, 3.05) is 17.6 Å². The number of carbonyl (C=O) groups excluding carboxylic acids is 2. The Morgan fingerprint density at radius 2 is 1.76 bits per heavy atom. The summed E-state index contributed by atoms with van der Waals surface area (Å²) in [6.45, 7) is 0.305.